The van der Waals surface area contributed by atoms with E-state index in [2.05, 4.69) is 15.5 Å². The highest BCUT2D eigenvalue weighted by molar-refractivity contribution is 5.81. The van der Waals surface area contributed by atoms with Crippen molar-refractivity contribution in [3.05, 3.63) is 52.1 Å². The van der Waals surface area contributed by atoms with Crippen LogP contribution in [0.3, 0.4) is 0 Å². The van der Waals surface area contributed by atoms with Gasteiger partial charge >= 0.3 is 0 Å². The molecule has 6 nitrogen and oxygen atoms in total. The summed E-state index contributed by atoms with van der Waals surface area (Å²) in [5.74, 6) is -0.395. The van der Waals surface area contributed by atoms with E-state index in [0.717, 1.165) is 22.5 Å². The lowest BCUT2D eigenvalue weighted by atomic mass is 9.93. The van der Waals surface area contributed by atoms with Crippen molar-refractivity contribution in [2.45, 2.75) is 53.5 Å². The van der Waals surface area contributed by atoms with E-state index in [4.69, 9.17) is 0 Å². The quantitative estimate of drug-likeness (QED) is 0.762. The predicted molar refractivity (Wildman–Crippen MR) is 113 cm³/mol. The Bertz CT molecular complexity index is 896. The van der Waals surface area contributed by atoms with Crippen molar-refractivity contribution in [3.8, 4) is 0 Å². The number of aromatic amines is 1. The van der Waals surface area contributed by atoms with Crippen LogP contribution >= 0.6 is 0 Å². The van der Waals surface area contributed by atoms with Gasteiger partial charge in [-0.15, -0.1) is 0 Å². The van der Waals surface area contributed by atoms with Crippen molar-refractivity contribution < 1.29 is 14.0 Å². The van der Waals surface area contributed by atoms with Crippen LogP contribution < -0.4 is 5.32 Å². The molecule has 7 heteroatoms. The molecule has 2 amide bonds. The number of carbonyl (C=O) groups is 2. The molecule has 1 aromatic carbocycles. The third-order valence-corrected chi connectivity index (χ3v) is 6.09. The Morgan fingerprint density at radius 2 is 1.97 bits per heavy atom. The molecule has 1 aromatic heterocycles. The first-order valence-electron chi connectivity index (χ1n) is 10.6. The minimum absolute atomic E-state index is 0.0271. The van der Waals surface area contributed by atoms with Crippen molar-refractivity contribution >= 4 is 11.8 Å². The molecule has 1 aliphatic rings. The SMILES string of the molecule is Cc1ccc(CNC(=O)C2CCN(C(=O)[C@@H](C)Cc3c(C)n[nH]c3C)CC2)cc1F. The van der Waals surface area contributed by atoms with Crippen LogP contribution in [-0.2, 0) is 22.6 Å². The van der Waals surface area contributed by atoms with Crippen molar-refractivity contribution in [3.63, 3.8) is 0 Å². The van der Waals surface area contributed by atoms with E-state index in [1.807, 2.05) is 31.7 Å². The van der Waals surface area contributed by atoms with E-state index < -0.39 is 0 Å². The Labute approximate surface area is 177 Å². The zero-order valence-electron chi connectivity index (χ0n) is 18.2. The van der Waals surface area contributed by atoms with Crippen molar-refractivity contribution in [2.75, 3.05) is 13.1 Å². The first-order valence-corrected chi connectivity index (χ1v) is 10.6. The second kappa shape index (κ2) is 9.41. The monoisotopic (exact) mass is 414 g/mol. The van der Waals surface area contributed by atoms with E-state index in [0.29, 0.717) is 44.5 Å². The van der Waals surface area contributed by atoms with Gasteiger partial charge in [-0.05, 0) is 62.8 Å². The maximum Gasteiger partial charge on any atom is 0.225 e. The standard InChI is InChI=1S/C23H31FN4O2/c1-14-5-6-18(12-21(14)24)13-25-22(29)19-7-9-28(10-8-19)23(30)15(2)11-20-16(3)26-27-17(20)4/h5-6,12,15,19H,7-11,13H2,1-4H3,(H,25,29)(H,26,27)/t15-/m0/s1. The lowest BCUT2D eigenvalue weighted by Gasteiger charge is -2.33. The average Bonchev–Trinajstić information content (AvgIpc) is 3.06. The van der Waals surface area contributed by atoms with Gasteiger partial charge in [-0.1, -0.05) is 19.1 Å². The molecule has 1 fully saturated rings. The van der Waals surface area contributed by atoms with Crippen LogP contribution in [0.25, 0.3) is 0 Å². The van der Waals surface area contributed by atoms with E-state index >= 15 is 0 Å². The molecule has 1 saturated heterocycles. The number of hydrogen-bond donors (Lipinski definition) is 2. The fraction of sp³-hybridized carbons (Fsp3) is 0.522. The summed E-state index contributed by atoms with van der Waals surface area (Å²) in [6.07, 6.45) is 1.97. The number of halogens is 1. The zero-order chi connectivity index (χ0) is 21.8. The van der Waals surface area contributed by atoms with Crippen LogP contribution in [0, 0.1) is 38.4 Å². The summed E-state index contributed by atoms with van der Waals surface area (Å²) in [6.45, 7) is 9.08. The molecule has 0 saturated carbocycles. The molecule has 0 radical (unpaired) electrons. The molecular weight excluding hydrogens is 383 g/mol. The molecule has 3 rings (SSSR count). The van der Waals surface area contributed by atoms with Crippen molar-refractivity contribution in [1.29, 1.82) is 0 Å². The van der Waals surface area contributed by atoms with Crippen LogP contribution in [0.5, 0.6) is 0 Å². The minimum Gasteiger partial charge on any atom is -0.352 e. The van der Waals surface area contributed by atoms with Crippen LogP contribution in [0.4, 0.5) is 4.39 Å². The largest absolute Gasteiger partial charge is 0.352 e. The van der Waals surface area contributed by atoms with Crippen molar-refractivity contribution in [2.24, 2.45) is 11.8 Å². The van der Waals surface area contributed by atoms with Crippen LogP contribution in [0.15, 0.2) is 18.2 Å². The minimum atomic E-state index is -0.261. The molecule has 0 unspecified atom stereocenters. The first kappa shape index (κ1) is 22.0. The Balaban J connectivity index is 1.47. The Morgan fingerprint density at radius 1 is 1.27 bits per heavy atom. The summed E-state index contributed by atoms with van der Waals surface area (Å²) in [4.78, 5) is 27.2. The van der Waals surface area contributed by atoms with Gasteiger partial charge in [-0.3, -0.25) is 14.7 Å². The number of aromatic nitrogens is 2. The zero-order valence-corrected chi connectivity index (χ0v) is 18.2. The predicted octanol–water partition coefficient (Wildman–Crippen LogP) is 3.21. The average molecular weight is 415 g/mol. The summed E-state index contributed by atoms with van der Waals surface area (Å²) < 4.78 is 13.7. The smallest absolute Gasteiger partial charge is 0.225 e. The Morgan fingerprint density at radius 3 is 2.57 bits per heavy atom. The lowest BCUT2D eigenvalue weighted by molar-refractivity contribution is -0.138. The third-order valence-electron chi connectivity index (χ3n) is 6.09. The number of hydrogen-bond acceptors (Lipinski definition) is 3. The highest BCUT2D eigenvalue weighted by Crippen LogP contribution is 2.22. The number of likely N-dealkylation sites (tertiary alicyclic amines) is 1. The second-order valence-corrected chi connectivity index (χ2v) is 8.42. The summed E-state index contributed by atoms with van der Waals surface area (Å²) >= 11 is 0. The topological polar surface area (TPSA) is 78.1 Å². The molecule has 0 bridgehead atoms. The molecule has 1 aliphatic heterocycles. The van der Waals surface area contributed by atoms with Gasteiger partial charge in [0.1, 0.15) is 5.82 Å². The molecule has 0 aliphatic carbocycles. The van der Waals surface area contributed by atoms with Crippen LogP contribution in [0.1, 0.15) is 47.8 Å². The van der Waals surface area contributed by atoms with E-state index in [1.165, 1.54) is 6.07 Å². The number of carbonyl (C=O) groups excluding carboxylic acids is 2. The molecule has 30 heavy (non-hydrogen) atoms. The van der Waals surface area contributed by atoms with Gasteiger partial charge in [-0.25, -0.2) is 4.39 Å². The molecule has 2 N–H and O–H groups in total. The Hall–Kier alpha value is -2.70. The van der Waals surface area contributed by atoms with E-state index in [-0.39, 0.29) is 29.5 Å². The van der Waals surface area contributed by atoms with Crippen LogP contribution in [-0.4, -0.2) is 40.0 Å². The normalized spacial score (nSPS) is 15.8. The summed E-state index contributed by atoms with van der Waals surface area (Å²) in [6, 6.07) is 5.00. The summed E-state index contributed by atoms with van der Waals surface area (Å²) in [5, 5.41) is 10.1. The second-order valence-electron chi connectivity index (χ2n) is 8.42. The van der Waals surface area contributed by atoms with Gasteiger partial charge in [0.2, 0.25) is 11.8 Å². The van der Waals surface area contributed by atoms with Gasteiger partial charge in [0.05, 0.1) is 5.69 Å². The lowest BCUT2D eigenvalue weighted by Crippen LogP contribution is -2.44. The number of benzene rings is 1. The number of amides is 2. The molecule has 0 spiro atoms. The number of aryl methyl sites for hydroxylation is 3. The molecule has 2 aromatic rings. The van der Waals surface area contributed by atoms with E-state index in [1.54, 1.807) is 13.0 Å². The van der Waals surface area contributed by atoms with Crippen molar-refractivity contribution in [1.82, 2.24) is 20.4 Å². The maximum atomic E-state index is 13.7. The Kier molecular flexibility index (Phi) is 6.90. The van der Waals surface area contributed by atoms with Crippen LogP contribution in [0.2, 0.25) is 0 Å². The fourth-order valence-corrected chi connectivity index (χ4v) is 4.02. The summed E-state index contributed by atoms with van der Waals surface area (Å²) in [5.41, 5.74) is 4.40. The van der Waals surface area contributed by atoms with Gasteiger partial charge in [0, 0.05) is 37.2 Å². The fourth-order valence-electron chi connectivity index (χ4n) is 4.02. The van der Waals surface area contributed by atoms with E-state index in [9.17, 15) is 14.0 Å². The van der Waals surface area contributed by atoms with Gasteiger partial charge < -0.3 is 10.2 Å². The summed E-state index contributed by atoms with van der Waals surface area (Å²) in [7, 11) is 0. The maximum absolute atomic E-state index is 13.7. The van der Waals surface area contributed by atoms with Gasteiger partial charge in [0.15, 0.2) is 0 Å². The highest BCUT2D eigenvalue weighted by atomic mass is 19.1. The first-order chi connectivity index (χ1) is 14.3. The van der Waals surface area contributed by atoms with Gasteiger partial charge in [-0.2, -0.15) is 5.10 Å². The number of H-pyrrole nitrogens is 1. The molecule has 2 heterocycles. The molecule has 1 atom stereocenters. The molecule has 162 valence electrons. The number of nitrogens with one attached hydrogen (secondary N) is 2. The number of nitrogens with zero attached hydrogens (tertiary/aromatic N) is 2. The number of rotatable bonds is 6. The third kappa shape index (κ3) is 5.07. The number of piperidine rings is 1. The van der Waals surface area contributed by atoms with Gasteiger partial charge in [0.25, 0.3) is 0 Å². The molecular formula is C23H31FN4O2. The highest BCUT2D eigenvalue weighted by Gasteiger charge is 2.29.